The molecule has 1 aliphatic rings. The summed E-state index contributed by atoms with van der Waals surface area (Å²) in [6, 6.07) is 3.72. The smallest absolute Gasteiger partial charge is 0.337 e. The predicted octanol–water partition coefficient (Wildman–Crippen LogP) is 1.31. The van der Waals surface area contributed by atoms with Crippen molar-refractivity contribution in [3.8, 4) is 0 Å². The highest BCUT2D eigenvalue weighted by molar-refractivity contribution is 7.89. The summed E-state index contributed by atoms with van der Waals surface area (Å²) in [6.07, 6.45) is 3.06. The highest BCUT2D eigenvalue weighted by Gasteiger charge is 2.38. The Bertz CT molecular complexity index is 650. The molecule has 1 aromatic rings. The van der Waals surface area contributed by atoms with E-state index < -0.39 is 16.0 Å². The Morgan fingerprint density at radius 3 is 2.65 bits per heavy atom. The molecule has 1 aromatic carbocycles. The number of hydrogen-bond acceptors (Lipinski definition) is 4. The fourth-order valence-corrected chi connectivity index (χ4v) is 3.82. The number of hydrogen-bond donors (Lipinski definition) is 2. The summed E-state index contributed by atoms with van der Waals surface area (Å²) in [6.45, 7) is 3.71. The summed E-state index contributed by atoms with van der Waals surface area (Å²) in [4.78, 5) is 11.0. The van der Waals surface area contributed by atoms with Gasteiger partial charge >= 0.3 is 5.97 Å². The van der Waals surface area contributed by atoms with Crippen molar-refractivity contribution in [3.05, 3.63) is 36.4 Å². The van der Waals surface area contributed by atoms with Gasteiger partial charge in [0.1, 0.15) is 0 Å². The molecule has 6 nitrogen and oxygen atoms in total. The number of nitrogens with zero attached hydrogens (tertiary/aromatic N) is 1. The van der Waals surface area contributed by atoms with E-state index in [0.717, 1.165) is 18.9 Å². The lowest BCUT2D eigenvalue weighted by atomic mass is 10.2. The minimum absolute atomic E-state index is 0.0720. The summed E-state index contributed by atoms with van der Waals surface area (Å²) < 4.78 is 26.5. The molecule has 0 bridgehead atoms. The Morgan fingerprint density at radius 1 is 1.50 bits per heavy atom. The molecular formula is C13H16N2O4S. The second kappa shape index (κ2) is 5.26. The molecular weight excluding hydrogens is 280 g/mol. The van der Waals surface area contributed by atoms with Gasteiger partial charge in [-0.3, -0.25) is 0 Å². The number of nitrogens with two attached hydrogens (primary N) is 1. The Balaban J connectivity index is 2.53. The van der Waals surface area contributed by atoms with E-state index in [0.29, 0.717) is 0 Å². The lowest BCUT2D eigenvalue weighted by Crippen LogP contribution is -2.34. The first-order valence-corrected chi connectivity index (χ1v) is 7.57. The highest BCUT2D eigenvalue weighted by Crippen LogP contribution is 2.33. The van der Waals surface area contributed by atoms with E-state index >= 15 is 0 Å². The minimum Gasteiger partial charge on any atom is -0.478 e. The summed E-state index contributed by atoms with van der Waals surface area (Å²) in [5.74, 6) is -1.31. The molecule has 1 aliphatic carbocycles. The molecule has 0 radical (unpaired) electrons. The van der Waals surface area contributed by atoms with Gasteiger partial charge in [-0.2, -0.15) is 4.31 Å². The van der Waals surface area contributed by atoms with E-state index in [9.17, 15) is 13.2 Å². The van der Waals surface area contributed by atoms with Crippen molar-refractivity contribution in [2.75, 3.05) is 12.3 Å². The molecule has 2 rings (SSSR count). The van der Waals surface area contributed by atoms with Crippen molar-refractivity contribution >= 4 is 21.7 Å². The first kappa shape index (κ1) is 14.5. The molecule has 3 N–H and O–H groups in total. The van der Waals surface area contributed by atoms with Crippen LogP contribution in [-0.4, -0.2) is 36.4 Å². The standard InChI is InChI=1S/C13H16N2O4S/c1-2-7-15(10-4-5-10)20(18,19)12-6-3-9(14)8-11(12)13(16)17/h2-3,6,8,10H,1,4-5,7,14H2,(H,16,17). The first-order valence-electron chi connectivity index (χ1n) is 6.13. The van der Waals surface area contributed by atoms with Gasteiger partial charge in [0, 0.05) is 18.3 Å². The van der Waals surface area contributed by atoms with E-state index in [2.05, 4.69) is 6.58 Å². The fourth-order valence-electron chi connectivity index (χ4n) is 2.00. The van der Waals surface area contributed by atoms with Crippen LogP contribution in [-0.2, 0) is 10.0 Å². The molecule has 0 amide bonds. The lowest BCUT2D eigenvalue weighted by molar-refractivity contribution is 0.0692. The Kier molecular flexibility index (Phi) is 3.82. The summed E-state index contributed by atoms with van der Waals surface area (Å²) >= 11 is 0. The van der Waals surface area contributed by atoms with Gasteiger partial charge in [0.05, 0.1) is 10.5 Å². The van der Waals surface area contributed by atoms with Crippen LogP contribution in [0.1, 0.15) is 23.2 Å². The lowest BCUT2D eigenvalue weighted by Gasteiger charge is -2.21. The van der Waals surface area contributed by atoms with E-state index in [4.69, 9.17) is 10.8 Å². The fraction of sp³-hybridized carbons (Fsp3) is 0.308. The second-order valence-electron chi connectivity index (χ2n) is 4.66. The molecule has 0 aromatic heterocycles. The average molecular weight is 296 g/mol. The summed E-state index contributed by atoms with van der Waals surface area (Å²) in [5, 5.41) is 9.16. The average Bonchev–Trinajstić information content (AvgIpc) is 3.19. The van der Waals surface area contributed by atoms with Gasteiger partial charge in [0.15, 0.2) is 0 Å². The molecule has 20 heavy (non-hydrogen) atoms. The van der Waals surface area contributed by atoms with Gasteiger partial charge in [-0.15, -0.1) is 6.58 Å². The van der Waals surface area contributed by atoms with E-state index in [1.54, 1.807) is 0 Å². The third-order valence-corrected chi connectivity index (χ3v) is 5.06. The zero-order valence-corrected chi connectivity index (χ0v) is 11.6. The molecule has 1 saturated carbocycles. The number of benzene rings is 1. The van der Waals surface area contributed by atoms with Gasteiger partial charge in [-0.05, 0) is 31.0 Å². The topological polar surface area (TPSA) is 101 Å². The molecule has 7 heteroatoms. The van der Waals surface area contributed by atoms with Gasteiger partial charge in [0.25, 0.3) is 0 Å². The number of carbonyl (C=O) groups is 1. The molecule has 0 spiro atoms. The van der Waals surface area contributed by atoms with Crippen LogP contribution < -0.4 is 5.73 Å². The molecule has 0 atom stereocenters. The number of sulfonamides is 1. The largest absolute Gasteiger partial charge is 0.478 e. The van der Waals surface area contributed by atoms with Crippen molar-refractivity contribution in [2.24, 2.45) is 0 Å². The van der Waals surface area contributed by atoms with Crippen LogP contribution in [0.4, 0.5) is 5.69 Å². The zero-order valence-electron chi connectivity index (χ0n) is 10.8. The van der Waals surface area contributed by atoms with Crippen LogP contribution in [0.25, 0.3) is 0 Å². The summed E-state index contributed by atoms with van der Waals surface area (Å²) in [7, 11) is -3.87. The van der Waals surface area contributed by atoms with Gasteiger partial charge in [-0.1, -0.05) is 6.08 Å². The van der Waals surface area contributed by atoms with Crippen LogP contribution in [0.5, 0.6) is 0 Å². The Morgan fingerprint density at radius 2 is 2.15 bits per heavy atom. The SMILES string of the molecule is C=CCN(C1CC1)S(=O)(=O)c1ccc(N)cc1C(=O)O. The Hall–Kier alpha value is -1.86. The molecule has 0 heterocycles. The van der Waals surface area contributed by atoms with Crippen molar-refractivity contribution in [1.29, 1.82) is 0 Å². The van der Waals surface area contributed by atoms with Gasteiger partial charge in [-0.25, -0.2) is 13.2 Å². The maximum Gasteiger partial charge on any atom is 0.337 e. The van der Waals surface area contributed by atoms with Gasteiger partial charge in [0.2, 0.25) is 10.0 Å². The molecule has 0 saturated heterocycles. The van der Waals surface area contributed by atoms with E-state index in [1.165, 1.54) is 22.5 Å². The third kappa shape index (κ3) is 2.68. The molecule has 0 aliphatic heterocycles. The van der Waals surface area contributed by atoms with E-state index in [-0.39, 0.29) is 28.7 Å². The van der Waals surface area contributed by atoms with Crippen LogP contribution in [0.3, 0.4) is 0 Å². The number of aromatic carboxylic acids is 1. The summed E-state index contributed by atoms with van der Waals surface area (Å²) in [5.41, 5.74) is 5.43. The molecule has 1 fully saturated rings. The number of carboxylic acid groups (broad SMARTS) is 1. The minimum atomic E-state index is -3.87. The number of rotatable bonds is 6. The maximum absolute atomic E-state index is 12.6. The highest BCUT2D eigenvalue weighted by atomic mass is 32.2. The van der Waals surface area contributed by atoms with Crippen molar-refractivity contribution in [3.63, 3.8) is 0 Å². The van der Waals surface area contributed by atoms with Crippen molar-refractivity contribution in [2.45, 2.75) is 23.8 Å². The van der Waals surface area contributed by atoms with Crippen molar-refractivity contribution in [1.82, 2.24) is 4.31 Å². The van der Waals surface area contributed by atoms with E-state index in [1.807, 2.05) is 0 Å². The monoisotopic (exact) mass is 296 g/mol. The predicted molar refractivity (Wildman–Crippen MR) is 74.9 cm³/mol. The van der Waals surface area contributed by atoms with Gasteiger partial charge < -0.3 is 10.8 Å². The van der Waals surface area contributed by atoms with Crippen LogP contribution in [0.2, 0.25) is 0 Å². The van der Waals surface area contributed by atoms with Crippen LogP contribution in [0, 0.1) is 0 Å². The van der Waals surface area contributed by atoms with Crippen molar-refractivity contribution < 1.29 is 18.3 Å². The number of nitrogen functional groups attached to an aromatic ring is 1. The first-order chi connectivity index (χ1) is 9.37. The second-order valence-corrected chi connectivity index (χ2v) is 6.51. The third-order valence-electron chi connectivity index (χ3n) is 3.08. The molecule has 0 unspecified atom stereocenters. The number of carboxylic acids is 1. The normalized spacial score (nSPS) is 15.2. The maximum atomic E-state index is 12.6. The zero-order chi connectivity index (χ0) is 14.9. The Labute approximate surface area is 117 Å². The van der Waals surface area contributed by atoms with Crippen LogP contribution >= 0.6 is 0 Å². The molecule has 108 valence electrons. The number of anilines is 1. The quantitative estimate of drug-likeness (QED) is 0.609. The van der Waals surface area contributed by atoms with Crippen LogP contribution in [0.15, 0.2) is 35.7 Å².